The normalized spacial score (nSPS) is 12.3. The minimum Gasteiger partial charge on any atom is -0.248 e. The van der Waals surface area contributed by atoms with Gasteiger partial charge in [-0.1, -0.05) is 29.5 Å². The van der Waals surface area contributed by atoms with Gasteiger partial charge in [-0.25, -0.2) is 18.2 Å². The van der Waals surface area contributed by atoms with Crippen molar-refractivity contribution in [3.05, 3.63) is 106 Å². The Morgan fingerprint density at radius 2 is 1.50 bits per heavy atom. The summed E-state index contributed by atoms with van der Waals surface area (Å²) in [4.78, 5) is 5.40. The molecule has 0 aliphatic carbocycles. The summed E-state index contributed by atoms with van der Waals surface area (Å²) in [6.45, 7) is 3.75. The highest BCUT2D eigenvalue weighted by Gasteiger charge is 2.13. The van der Waals surface area contributed by atoms with Gasteiger partial charge in [-0.05, 0) is 79.4 Å². The summed E-state index contributed by atoms with van der Waals surface area (Å²) in [6.07, 6.45) is 0. The molecule has 0 fully saturated rings. The fraction of sp³-hybridized carbons (Fsp3) is 0.0870. The molecule has 3 aromatic carbocycles. The van der Waals surface area contributed by atoms with Gasteiger partial charge in [0.05, 0.1) is 11.4 Å². The Labute approximate surface area is 166 Å². The van der Waals surface area contributed by atoms with Gasteiger partial charge >= 0.3 is 0 Å². The molecule has 0 aliphatic rings. The molecule has 142 valence electrons. The lowest BCUT2D eigenvalue weighted by Gasteiger charge is -2.10. The van der Waals surface area contributed by atoms with E-state index >= 15 is 0 Å². The third-order valence-corrected chi connectivity index (χ3v) is 5.03. The highest BCUT2D eigenvalue weighted by atomic mass is 32.2. The summed E-state index contributed by atoms with van der Waals surface area (Å²) in [6, 6.07) is 16.8. The van der Waals surface area contributed by atoms with Gasteiger partial charge in [0.25, 0.3) is 0 Å². The number of hydrogen-bond acceptors (Lipinski definition) is 2. The van der Waals surface area contributed by atoms with Crippen molar-refractivity contribution in [2.24, 2.45) is 4.99 Å². The lowest BCUT2D eigenvalue weighted by molar-refractivity contribution is 0.598. The Hall–Kier alpha value is -2.79. The maximum atomic E-state index is 14.4. The molecule has 0 atom stereocenters. The Morgan fingerprint density at radius 1 is 0.857 bits per heavy atom. The monoisotopic (exact) mass is 397 g/mol. The van der Waals surface area contributed by atoms with Crippen LogP contribution in [0, 0.1) is 24.4 Å². The second-order valence-corrected chi connectivity index (χ2v) is 7.24. The maximum Gasteiger partial charge on any atom is 0.132 e. The van der Waals surface area contributed by atoms with E-state index in [0.717, 1.165) is 28.7 Å². The van der Waals surface area contributed by atoms with Crippen molar-refractivity contribution in [1.82, 2.24) is 0 Å². The molecule has 0 saturated heterocycles. The Kier molecular flexibility index (Phi) is 6.37. The topological polar surface area (TPSA) is 12.4 Å². The van der Waals surface area contributed by atoms with Crippen LogP contribution in [0.1, 0.15) is 18.1 Å². The molecule has 0 amide bonds. The van der Waals surface area contributed by atoms with Crippen LogP contribution in [0.4, 0.5) is 18.9 Å². The molecule has 3 rings (SSSR count). The lowest BCUT2D eigenvalue weighted by atomic mass is 10.0. The van der Waals surface area contributed by atoms with Gasteiger partial charge in [-0.2, -0.15) is 0 Å². The minimum atomic E-state index is -0.549. The van der Waals surface area contributed by atoms with E-state index in [2.05, 4.69) is 4.99 Å². The summed E-state index contributed by atoms with van der Waals surface area (Å²) >= 11 is 1.36. The van der Waals surface area contributed by atoms with Gasteiger partial charge in [0.2, 0.25) is 0 Å². The van der Waals surface area contributed by atoms with Gasteiger partial charge < -0.3 is 0 Å². The molecule has 0 N–H and O–H groups in total. The van der Waals surface area contributed by atoms with Crippen LogP contribution in [0.15, 0.2) is 87.6 Å². The van der Waals surface area contributed by atoms with Crippen molar-refractivity contribution >= 4 is 23.2 Å². The van der Waals surface area contributed by atoms with E-state index < -0.39 is 11.6 Å². The molecule has 0 saturated carbocycles. The van der Waals surface area contributed by atoms with Gasteiger partial charge in [0, 0.05) is 10.5 Å². The van der Waals surface area contributed by atoms with Gasteiger partial charge in [0.15, 0.2) is 0 Å². The molecule has 0 radical (unpaired) electrons. The Balaban J connectivity index is 2.01. The lowest BCUT2D eigenvalue weighted by Crippen LogP contribution is -2.06. The molecule has 5 heteroatoms. The third kappa shape index (κ3) is 5.14. The van der Waals surface area contributed by atoms with Crippen molar-refractivity contribution in [2.75, 3.05) is 0 Å². The van der Waals surface area contributed by atoms with Crippen LogP contribution in [0.2, 0.25) is 0 Å². The number of benzene rings is 3. The fourth-order valence-corrected chi connectivity index (χ4v) is 3.23. The molecule has 3 aromatic rings. The van der Waals surface area contributed by atoms with Crippen LogP contribution in [0.5, 0.6) is 0 Å². The van der Waals surface area contributed by atoms with E-state index in [1.807, 2.05) is 31.2 Å². The largest absolute Gasteiger partial charge is 0.248 e. The van der Waals surface area contributed by atoms with Crippen LogP contribution in [-0.4, -0.2) is 5.71 Å². The average Bonchev–Trinajstić information content (AvgIpc) is 2.69. The molecule has 0 spiro atoms. The standard InChI is InChI=1S/C23H18F3NS/c1-15-3-8-19(9-4-15)27-23(21-13-18(25)7-12-22(21)26)16(2)14-28-20-10-5-17(24)6-11-20/h3-14H,1-2H3/b16-14+,27-23-. The first-order chi connectivity index (χ1) is 13.4. The molecule has 28 heavy (non-hydrogen) atoms. The highest BCUT2D eigenvalue weighted by Crippen LogP contribution is 2.25. The smallest absolute Gasteiger partial charge is 0.132 e. The molecule has 0 unspecified atom stereocenters. The average molecular weight is 397 g/mol. The first-order valence-corrected chi connectivity index (χ1v) is 9.50. The Bertz CT molecular complexity index is 1020. The summed E-state index contributed by atoms with van der Waals surface area (Å²) in [7, 11) is 0. The number of aryl methyl sites for hydroxylation is 1. The van der Waals surface area contributed by atoms with E-state index in [0.29, 0.717) is 17.0 Å². The zero-order valence-electron chi connectivity index (χ0n) is 15.4. The summed E-state index contributed by atoms with van der Waals surface area (Å²) < 4.78 is 41.3. The van der Waals surface area contributed by atoms with E-state index in [1.54, 1.807) is 24.5 Å². The van der Waals surface area contributed by atoms with Crippen LogP contribution in [0.25, 0.3) is 0 Å². The van der Waals surface area contributed by atoms with E-state index in [1.165, 1.54) is 23.9 Å². The molecular weight excluding hydrogens is 379 g/mol. The first-order valence-electron chi connectivity index (χ1n) is 8.62. The molecule has 0 heterocycles. The van der Waals surface area contributed by atoms with Crippen molar-refractivity contribution in [3.63, 3.8) is 0 Å². The molecular formula is C23H18F3NS. The zero-order valence-corrected chi connectivity index (χ0v) is 16.2. The van der Waals surface area contributed by atoms with Crippen molar-refractivity contribution in [3.8, 4) is 0 Å². The Morgan fingerprint density at radius 3 is 2.18 bits per heavy atom. The minimum absolute atomic E-state index is 0.0917. The van der Waals surface area contributed by atoms with Gasteiger partial charge in [-0.15, -0.1) is 0 Å². The number of thioether (sulfide) groups is 1. The van der Waals surface area contributed by atoms with Crippen LogP contribution >= 0.6 is 11.8 Å². The van der Waals surface area contributed by atoms with E-state index in [-0.39, 0.29) is 11.4 Å². The third-order valence-electron chi connectivity index (χ3n) is 4.02. The number of allylic oxidation sites excluding steroid dienone is 1. The SMILES string of the molecule is CC(=C\Sc1ccc(F)cc1)/C(=N/c1ccc(C)cc1)c1cc(F)ccc1F. The summed E-state index contributed by atoms with van der Waals surface area (Å²) in [5.74, 6) is -1.40. The van der Waals surface area contributed by atoms with Crippen molar-refractivity contribution < 1.29 is 13.2 Å². The molecule has 0 aromatic heterocycles. The van der Waals surface area contributed by atoms with Gasteiger partial charge in [-0.3, -0.25) is 0 Å². The molecule has 0 aliphatic heterocycles. The van der Waals surface area contributed by atoms with Crippen molar-refractivity contribution in [2.45, 2.75) is 18.7 Å². The number of nitrogens with zero attached hydrogens (tertiary/aromatic N) is 1. The quantitative estimate of drug-likeness (QED) is 0.327. The fourth-order valence-electron chi connectivity index (χ4n) is 2.51. The van der Waals surface area contributed by atoms with E-state index in [4.69, 9.17) is 0 Å². The first kappa shape index (κ1) is 20.0. The molecule has 1 nitrogen and oxygen atoms in total. The zero-order chi connectivity index (χ0) is 20.1. The second kappa shape index (κ2) is 8.93. The number of rotatable bonds is 5. The van der Waals surface area contributed by atoms with Crippen LogP contribution in [0.3, 0.4) is 0 Å². The predicted octanol–water partition coefficient (Wildman–Crippen LogP) is 7.23. The summed E-state index contributed by atoms with van der Waals surface area (Å²) in [5.41, 5.74) is 2.82. The number of halogens is 3. The predicted molar refractivity (Wildman–Crippen MR) is 110 cm³/mol. The molecule has 0 bridgehead atoms. The second-order valence-electron chi connectivity index (χ2n) is 6.29. The maximum absolute atomic E-state index is 14.4. The van der Waals surface area contributed by atoms with Crippen molar-refractivity contribution in [1.29, 1.82) is 0 Å². The van der Waals surface area contributed by atoms with Crippen LogP contribution < -0.4 is 0 Å². The number of hydrogen-bond donors (Lipinski definition) is 0. The van der Waals surface area contributed by atoms with Gasteiger partial charge in [0.1, 0.15) is 17.5 Å². The van der Waals surface area contributed by atoms with Crippen LogP contribution in [-0.2, 0) is 0 Å². The van der Waals surface area contributed by atoms with E-state index in [9.17, 15) is 13.2 Å². The summed E-state index contributed by atoms with van der Waals surface area (Å²) in [5, 5.41) is 1.80. The highest BCUT2D eigenvalue weighted by molar-refractivity contribution is 8.02. The number of aliphatic imine (C=N–C) groups is 1.